The molecule has 2 aromatic rings. The molecule has 2 aliphatic rings. The van der Waals surface area contributed by atoms with Crippen molar-refractivity contribution in [2.75, 3.05) is 20.1 Å². The predicted octanol–water partition coefficient (Wildman–Crippen LogP) is 2.98. The number of piperazine rings is 1. The van der Waals surface area contributed by atoms with Crippen LogP contribution < -0.4 is 5.32 Å². The first-order valence-electron chi connectivity index (χ1n) is 11.9. The number of likely N-dealkylation sites (N-methyl/N-ethyl adjacent to an activating group) is 1. The third-order valence-corrected chi connectivity index (χ3v) is 6.77. The maximum Gasteiger partial charge on any atom is 0.334 e. The van der Waals surface area contributed by atoms with Crippen molar-refractivity contribution in [3.63, 3.8) is 0 Å². The van der Waals surface area contributed by atoms with E-state index in [1.165, 1.54) is 17.1 Å². The van der Waals surface area contributed by atoms with Crippen molar-refractivity contribution in [2.24, 2.45) is 5.92 Å². The third-order valence-electron chi connectivity index (χ3n) is 6.77. The highest BCUT2D eigenvalue weighted by Gasteiger charge is 2.52. The third kappa shape index (κ3) is 4.86. The molecule has 2 aliphatic heterocycles. The Kier molecular flexibility index (Phi) is 7.07. The van der Waals surface area contributed by atoms with Gasteiger partial charge in [-0.15, -0.1) is 0 Å². The lowest BCUT2D eigenvalue weighted by Gasteiger charge is -2.56. The lowest BCUT2D eigenvalue weighted by atomic mass is 9.94. The Morgan fingerprint density at radius 2 is 1.71 bits per heavy atom. The van der Waals surface area contributed by atoms with Crippen LogP contribution in [0.1, 0.15) is 37.9 Å². The summed E-state index contributed by atoms with van der Waals surface area (Å²) in [5.41, 5.74) is 1.74. The highest BCUT2D eigenvalue weighted by Crippen LogP contribution is 2.33. The monoisotopic (exact) mass is 481 g/mol. The van der Waals surface area contributed by atoms with Crippen LogP contribution in [-0.2, 0) is 16.1 Å². The van der Waals surface area contributed by atoms with Gasteiger partial charge in [0, 0.05) is 13.6 Å². The van der Waals surface area contributed by atoms with Crippen LogP contribution in [0.4, 0.5) is 9.18 Å². The van der Waals surface area contributed by atoms with E-state index in [4.69, 9.17) is 0 Å². The van der Waals surface area contributed by atoms with E-state index in [9.17, 15) is 18.8 Å². The van der Waals surface area contributed by atoms with Crippen LogP contribution >= 0.6 is 0 Å². The molecule has 0 bridgehead atoms. The summed E-state index contributed by atoms with van der Waals surface area (Å²) in [5, 5.41) is 6.09. The maximum absolute atomic E-state index is 13.6. The van der Waals surface area contributed by atoms with Crippen LogP contribution in [0.25, 0.3) is 0 Å². The minimum atomic E-state index is -0.706. The van der Waals surface area contributed by atoms with E-state index in [2.05, 4.69) is 5.32 Å². The van der Waals surface area contributed by atoms with Crippen LogP contribution in [0.5, 0.6) is 0 Å². The van der Waals surface area contributed by atoms with Crippen molar-refractivity contribution >= 4 is 17.8 Å². The van der Waals surface area contributed by atoms with E-state index in [1.807, 2.05) is 51.1 Å². The molecule has 9 heteroatoms. The van der Waals surface area contributed by atoms with Crippen molar-refractivity contribution in [1.29, 1.82) is 0 Å². The average molecular weight is 482 g/mol. The minimum absolute atomic E-state index is 0.000722. The zero-order valence-corrected chi connectivity index (χ0v) is 20.5. The van der Waals surface area contributed by atoms with Crippen LogP contribution in [0.2, 0.25) is 0 Å². The van der Waals surface area contributed by atoms with Gasteiger partial charge in [-0.05, 0) is 36.1 Å². The quantitative estimate of drug-likeness (QED) is 0.713. The van der Waals surface area contributed by atoms with Gasteiger partial charge in [0.2, 0.25) is 11.8 Å². The van der Waals surface area contributed by atoms with Gasteiger partial charge in [0.25, 0.3) is 0 Å². The molecular formula is C26H32FN5O3. The lowest BCUT2D eigenvalue weighted by molar-refractivity contribution is -0.192. The number of hydrazine groups is 1. The van der Waals surface area contributed by atoms with E-state index in [0.29, 0.717) is 6.54 Å². The molecule has 0 aliphatic carbocycles. The van der Waals surface area contributed by atoms with Gasteiger partial charge in [0.1, 0.15) is 18.0 Å². The number of fused-ring (bicyclic) bond motifs is 1. The first-order valence-corrected chi connectivity index (χ1v) is 11.9. The second-order valence-corrected chi connectivity index (χ2v) is 9.49. The fourth-order valence-electron chi connectivity index (χ4n) is 4.95. The number of rotatable bonds is 5. The van der Waals surface area contributed by atoms with E-state index >= 15 is 0 Å². The number of amides is 4. The zero-order valence-electron chi connectivity index (χ0n) is 20.5. The number of urea groups is 1. The van der Waals surface area contributed by atoms with Crippen molar-refractivity contribution in [3.8, 4) is 0 Å². The molecule has 0 spiro atoms. The van der Waals surface area contributed by atoms with E-state index in [0.717, 1.165) is 11.1 Å². The molecule has 35 heavy (non-hydrogen) atoms. The van der Waals surface area contributed by atoms with Gasteiger partial charge in [0.05, 0.1) is 19.1 Å². The number of carbonyl (C=O) groups excluding carboxylic acids is 3. The number of hydrogen-bond acceptors (Lipinski definition) is 4. The van der Waals surface area contributed by atoms with Gasteiger partial charge in [-0.3, -0.25) is 9.59 Å². The number of nitrogens with one attached hydrogen (secondary N) is 1. The Morgan fingerprint density at radius 1 is 1.06 bits per heavy atom. The molecule has 2 aromatic carbocycles. The summed E-state index contributed by atoms with van der Waals surface area (Å²) in [5.74, 6) is -0.867. The second kappa shape index (κ2) is 10.0. The molecule has 4 amide bonds. The largest absolute Gasteiger partial charge is 0.334 e. The molecule has 3 atom stereocenters. The first kappa shape index (κ1) is 24.7. The highest BCUT2D eigenvalue weighted by molar-refractivity contribution is 5.91. The van der Waals surface area contributed by atoms with Crippen LogP contribution in [0.15, 0.2) is 54.6 Å². The van der Waals surface area contributed by atoms with Crippen LogP contribution in [0, 0.1) is 11.7 Å². The number of hydrogen-bond donors (Lipinski definition) is 1. The zero-order chi connectivity index (χ0) is 25.3. The molecule has 1 unspecified atom stereocenters. The number of benzene rings is 2. The summed E-state index contributed by atoms with van der Waals surface area (Å²) < 4.78 is 13.5. The van der Waals surface area contributed by atoms with Crippen LogP contribution in [0.3, 0.4) is 0 Å². The summed E-state index contributed by atoms with van der Waals surface area (Å²) in [4.78, 5) is 43.4. The molecular weight excluding hydrogens is 449 g/mol. The molecule has 2 fully saturated rings. The lowest BCUT2D eigenvalue weighted by Crippen LogP contribution is -2.76. The fourth-order valence-corrected chi connectivity index (χ4v) is 4.95. The van der Waals surface area contributed by atoms with E-state index in [-0.39, 0.29) is 48.7 Å². The topological polar surface area (TPSA) is 76.2 Å². The minimum Gasteiger partial charge on any atom is -0.333 e. The fraction of sp³-hybridized carbons (Fsp3) is 0.423. The Balaban J connectivity index is 1.64. The highest BCUT2D eigenvalue weighted by atomic mass is 19.1. The molecule has 0 radical (unpaired) electrons. The van der Waals surface area contributed by atoms with Gasteiger partial charge < -0.3 is 15.1 Å². The van der Waals surface area contributed by atoms with Gasteiger partial charge in [-0.25, -0.2) is 19.2 Å². The maximum atomic E-state index is 13.6. The van der Waals surface area contributed by atoms with Crippen molar-refractivity contribution in [1.82, 2.24) is 25.1 Å². The summed E-state index contributed by atoms with van der Waals surface area (Å²) in [7, 11) is 1.70. The van der Waals surface area contributed by atoms with Gasteiger partial charge in [-0.1, -0.05) is 56.3 Å². The van der Waals surface area contributed by atoms with Gasteiger partial charge in [-0.2, -0.15) is 0 Å². The standard InChI is InChI=1S/C26H32FN5O3/c1-17(2)24-25(34)30(18(3)20-10-12-21(27)13-11-20)15-22-31(24)23(33)16-29(4)32(22)26(35)28-14-19-8-6-5-7-9-19/h5-13,17-18,22,24H,14-16H2,1-4H3,(H,28,35)/t18?,22-,24-/m0/s1. The summed E-state index contributed by atoms with van der Waals surface area (Å²) in [6.45, 7) is 6.17. The normalized spacial score (nSPS) is 21.8. The average Bonchev–Trinajstić information content (AvgIpc) is 2.83. The van der Waals surface area contributed by atoms with E-state index in [1.54, 1.807) is 34.0 Å². The number of nitrogens with zero attached hydrogens (tertiary/aromatic N) is 4. The van der Waals surface area contributed by atoms with E-state index < -0.39 is 12.2 Å². The van der Waals surface area contributed by atoms with Gasteiger partial charge in [0.15, 0.2) is 0 Å². The SMILES string of the molecule is CC(C)[C@H]1C(=O)N(C(C)c2ccc(F)cc2)C[C@H]2N1C(=O)CN(C)N2C(=O)NCc1ccccc1. The molecule has 0 saturated carbocycles. The molecule has 8 nitrogen and oxygen atoms in total. The molecule has 186 valence electrons. The van der Waals surface area contributed by atoms with Crippen molar-refractivity contribution in [3.05, 3.63) is 71.5 Å². The smallest absolute Gasteiger partial charge is 0.333 e. The Morgan fingerprint density at radius 3 is 2.34 bits per heavy atom. The Hall–Kier alpha value is -3.46. The van der Waals surface area contributed by atoms with Crippen LogP contribution in [-0.4, -0.2) is 70.0 Å². The van der Waals surface area contributed by atoms with Crippen molar-refractivity contribution < 1.29 is 18.8 Å². The number of halogens is 1. The Bertz CT molecular complexity index is 1080. The predicted molar refractivity (Wildman–Crippen MR) is 129 cm³/mol. The number of carbonyl (C=O) groups is 3. The molecule has 2 heterocycles. The molecule has 4 rings (SSSR count). The molecule has 2 saturated heterocycles. The summed E-state index contributed by atoms with van der Waals surface area (Å²) in [6.07, 6.45) is -0.662. The van der Waals surface area contributed by atoms with Crippen molar-refractivity contribution in [2.45, 2.75) is 45.6 Å². The molecule has 0 aromatic heterocycles. The van der Waals surface area contributed by atoms with Gasteiger partial charge >= 0.3 is 6.03 Å². The molecule has 1 N–H and O–H groups in total. The first-order chi connectivity index (χ1) is 16.7. The summed E-state index contributed by atoms with van der Waals surface area (Å²) >= 11 is 0. The second-order valence-electron chi connectivity index (χ2n) is 9.49. The summed E-state index contributed by atoms with van der Waals surface area (Å²) in [6, 6.07) is 14.2. The Labute approximate surface area is 205 Å².